The van der Waals surface area contributed by atoms with Crippen LogP contribution in [-0.4, -0.2) is 49.7 Å². The number of benzene rings is 2. The first-order valence-electron chi connectivity index (χ1n) is 8.92. The fourth-order valence-corrected chi connectivity index (χ4v) is 3.26. The van der Waals surface area contributed by atoms with Crippen LogP contribution in [0, 0.1) is 0 Å². The predicted molar refractivity (Wildman–Crippen MR) is 112 cm³/mol. The molecule has 0 aliphatic rings. The van der Waals surface area contributed by atoms with Gasteiger partial charge in [-0.15, -0.1) is 11.8 Å². The third-order valence-electron chi connectivity index (χ3n) is 4.18. The number of nitrogens with zero attached hydrogens (tertiary/aromatic N) is 1. The molecule has 2 rings (SSSR count). The fourth-order valence-electron chi connectivity index (χ4n) is 2.71. The highest BCUT2D eigenvalue weighted by Crippen LogP contribution is 2.24. The van der Waals surface area contributed by atoms with Crippen molar-refractivity contribution in [3.8, 4) is 0 Å². The predicted octanol–water partition coefficient (Wildman–Crippen LogP) is 3.20. The van der Waals surface area contributed by atoms with Crippen molar-refractivity contribution in [2.24, 2.45) is 0 Å². The summed E-state index contributed by atoms with van der Waals surface area (Å²) in [6.45, 7) is 2.99. The van der Waals surface area contributed by atoms with Crippen molar-refractivity contribution in [1.82, 2.24) is 10.2 Å². The van der Waals surface area contributed by atoms with E-state index in [0.717, 1.165) is 10.6 Å². The van der Waals surface area contributed by atoms with Gasteiger partial charge in [-0.05, 0) is 36.9 Å². The minimum Gasteiger partial charge on any atom is -0.354 e. The summed E-state index contributed by atoms with van der Waals surface area (Å²) in [5, 5.41) is 5.84. The molecule has 1 atom stereocenters. The zero-order chi connectivity index (χ0) is 19.6. The monoisotopic (exact) mass is 385 g/mol. The molecular weight excluding hydrogens is 358 g/mol. The van der Waals surface area contributed by atoms with E-state index < -0.39 is 0 Å². The average Bonchev–Trinajstić information content (AvgIpc) is 2.67. The third kappa shape index (κ3) is 7.07. The summed E-state index contributed by atoms with van der Waals surface area (Å²) in [5.41, 5.74) is 1.99. The molecule has 6 heteroatoms. The summed E-state index contributed by atoms with van der Waals surface area (Å²) in [5.74, 6) is 0.0221. The Morgan fingerprint density at radius 2 is 1.63 bits per heavy atom. The van der Waals surface area contributed by atoms with Gasteiger partial charge in [0.1, 0.15) is 0 Å². The molecule has 0 aliphatic carbocycles. The van der Waals surface area contributed by atoms with E-state index in [9.17, 15) is 9.59 Å². The fraction of sp³-hybridized carbons (Fsp3) is 0.333. The largest absolute Gasteiger partial charge is 0.354 e. The summed E-state index contributed by atoms with van der Waals surface area (Å²) in [6, 6.07) is 17.7. The van der Waals surface area contributed by atoms with E-state index in [1.807, 2.05) is 48.7 Å². The van der Waals surface area contributed by atoms with Crippen LogP contribution in [0.15, 0.2) is 59.5 Å². The maximum atomic E-state index is 12.2. The topological polar surface area (TPSA) is 61.4 Å². The van der Waals surface area contributed by atoms with Gasteiger partial charge in [0, 0.05) is 11.4 Å². The van der Waals surface area contributed by atoms with Crippen LogP contribution in [0.1, 0.15) is 18.4 Å². The van der Waals surface area contributed by atoms with E-state index in [2.05, 4.69) is 29.7 Å². The van der Waals surface area contributed by atoms with E-state index in [0.29, 0.717) is 6.54 Å². The molecule has 27 heavy (non-hydrogen) atoms. The van der Waals surface area contributed by atoms with Crippen LogP contribution in [0.25, 0.3) is 0 Å². The highest BCUT2D eigenvalue weighted by atomic mass is 32.2. The number of carbonyl (C=O) groups is 2. The van der Waals surface area contributed by atoms with Gasteiger partial charge >= 0.3 is 0 Å². The van der Waals surface area contributed by atoms with Gasteiger partial charge in [-0.25, -0.2) is 0 Å². The van der Waals surface area contributed by atoms with Crippen LogP contribution in [0.5, 0.6) is 0 Å². The van der Waals surface area contributed by atoms with Crippen LogP contribution in [0.3, 0.4) is 0 Å². The number of rotatable bonds is 9. The molecule has 2 aromatic carbocycles. The van der Waals surface area contributed by atoms with Crippen LogP contribution < -0.4 is 10.6 Å². The number of hydrogen-bond donors (Lipinski definition) is 2. The molecule has 0 fully saturated rings. The first-order valence-corrected chi connectivity index (χ1v) is 10.1. The van der Waals surface area contributed by atoms with Crippen LogP contribution in [0.4, 0.5) is 5.69 Å². The van der Waals surface area contributed by atoms with Gasteiger partial charge in [0.25, 0.3) is 0 Å². The molecule has 144 valence electrons. The van der Waals surface area contributed by atoms with Gasteiger partial charge in [-0.1, -0.05) is 49.4 Å². The number of para-hydroxylation sites is 1. The summed E-state index contributed by atoms with van der Waals surface area (Å²) in [6.07, 6.45) is 1.97. The molecule has 0 saturated heterocycles. The summed E-state index contributed by atoms with van der Waals surface area (Å²) >= 11 is 1.58. The van der Waals surface area contributed by atoms with Gasteiger partial charge in [0.15, 0.2) is 0 Å². The Kier molecular flexibility index (Phi) is 8.36. The van der Waals surface area contributed by atoms with E-state index >= 15 is 0 Å². The molecule has 0 heterocycles. The Balaban J connectivity index is 1.75. The van der Waals surface area contributed by atoms with E-state index in [4.69, 9.17) is 0 Å². The molecule has 2 aromatic rings. The number of amides is 2. The lowest BCUT2D eigenvalue weighted by Crippen LogP contribution is -2.40. The third-order valence-corrected chi connectivity index (χ3v) is 4.98. The van der Waals surface area contributed by atoms with Crippen molar-refractivity contribution >= 4 is 29.3 Å². The Labute approximate surface area is 165 Å². The smallest absolute Gasteiger partial charge is 0.238 e. The standard InChI is InChI=1S/C21H27N3O2S/c1-16(17-9-5-4-6-10-17)13-22-20(25)14-24(2)15-21(26)23-18-11-7-8-12-19(18)27-3/h4-12,16H,13-15H2,1-3H3,(H,22,25)(H,23,26)/t16-/m1/s1. The Hall–Kier alpha value is -2.31. The number of thioether (sulfide) groups is 1. The minimum atomic E-state index is -0.135. The van der Waals surface area contributed by atoms with Gasteiger partial charge in [-0.3, -0.25) is 14.5 Å². The molecule has 5 nitrogen and oxygen atoms in total. The van der Waals surface area contributed by atoms with Gasteiger partial charge in [0.2, 0.25) is 11.8 Å². The molecule has 0 bridgehead atoms. The Bertz CT molecular complexity index is 752. The zero-order valence-corrected chi connectivity index (χ0v) is 16.9. The second-order valence-corrected chi connectivity index (χ2v) is 7.38. The first-order chi connectivity index (χ1) is 13.0. The van der Waals surface area contributed by atoms with Crippen molar-refractivity contribution in [2.45, 2.75) is 17.7 Å². The summed E-state index contributed by atoms with van der Waals surface area (Å²) in [7, 11) is 1.76. The van der Waals surface area contributed by atoms with Crippen LogP contribution in [0.2, 0.25) is 0 Å². The molecule has 0 spiro atoms. The number of carbonyl (C=O) groups excluding carboxylic acids is 2. The highest BCUT2D eigenvalue weighted by Gasteiger charge is 2.13. The number of nitrogens with one attached hydrogen (secondary N) is 2. The zero-order valence-electron chi connectivity index (χ0n) is 16.1. The van der Waals surface area contributed by atoms with Crippen molar-refractivity contribution in [1.29, 1.82) is 0 Å². The molecule has 0 saturated carbocycles. The highest BCUT2D eigenvalue weighted by molar-refractivity contribution is 7.98. The molecule has 0 aliphatic heterocycles. The molecule has 2 N–H and O–H groups in total. The lowest BCUT2D eigenvalue weighted by atomic mass is 10.0. The van der Waals surface area contributed by atoms with Crippen LogP contribution >= 0.6 is 11.8 Å². The Morgan fingerprint density at radius 1 is 1.00 bits per heavy atom. The first kappa shape index (κ1) is 21.0. The second-order valence-electron chi connectivity index (χ2n) is 6.54. The van der Waals surface area contributed by atoms with Crippen molar-refractivity contribution in [3.63, 3.8) is 0 Å². The molecule has 0 radical (unpaired) electrons. The van der Waals surface area contributed by atoms with E-state index in [-0.39, 0.29) is 30.8 Å². The quantitative estimate of drug-likeness (QED) is 0.651. The lowest BCUT2D eigenvalue weighted by molar-refractivity contribution is -0.123. The van der Waals surface area contributed by atoms with Crippen molar-refractivity contribution in [3.05, 3.63) is 60.2 Å². The van der Waals surface area contributed by atoms with Gasteiger partial charge < -0.3 is 10.6 Å². The van der Waals surface area contributed by atoms with Crippen molar-refractivity contribution in [2.75, 3.05) is 38.3 Å². The lowest BCUT2D eigenvalue weighted by Gasteiger charge is -2.18. The molecule has 0 aromatic heterocycles. The number of hydrogen-bond acceptors (Lipinski definition) is 4. The summed E-state index contributed by atoms with van der Waals surface area (Å²) < 4.78 is 0. The van der Waals surface area contributed by atoms with Crippen LogP contribution in [-0.2, 0) is 9.59 Å². The molecule has 2 amide bonds. The van der Waals surface area contributed by atoms with E-state index in [1.165, 1.54) is 5.56 Å². The van der Waals surface area contributed by atoms with Gasteiger partial charge in [0.05, 0.1) is 18.8 Å². The molecule has 0 unspecified atom stereocenters. The maximum Gasteiger partial charge on any atom is 0.238 e. The molecular formula is C21H27N3O2S. The van der Waals surface area contributed by atoms with E-state index in [1.54, 1.807) is 23.7 Å². The number of likely N-dealkylation sites (N-methyl/N-ethyl adjacent to an activating group) is 1. The Morgan fingerprint density at radius 3 is 2.33 bits per heavy atom. The maximum absolute atomic E-state index is 12.2. The second kappa shape index (κ2) is 10.7. The van der Waals surface area contributed by atoms with Gasteiger partial charge in [-0.2, -0.15) is 0 Å². The SMILES string of the molecule is CSc1ccccc1NC(=O)CN(C)CC(=O)NC[C@@H](C)c1ccccc1. The number of anilines is 1. The van der Waals surface area contributed by atoms with Crippen molar-refractivity contribution < 1.29 is 9.59 Å². The minimum absolute atomic E-state index is 0.0856. The average molecular weight is 386 g/mol. The summed E-state index contributed by atoms with van der Waals surface area (Å²) in [4.78, 5) is 27.1. The normalized spacial score (nSPS) is 11.9.